The van der Waals surface area contributed by atoms with Crippen LogP contribution in [0.2, 0.25) is 0 Å². The van der Waals surface area contributed by atoms with Crippen molar-refractivity contribution in [2.75, 3.05) is 12.9 Å². The Bertz CT molecular complexity index is 781. The predicted molar refractivity (Wildman–Crippen MR) is 104 cm³/mol. The molecule has 0 fully saturated rings. The van der Waals surface area contributed by atoms with E-state index in [2.05, 4.69) is 31.2 Å². The molecule has 138 valence electrons. The van der Waals surface area contributed by atoms with Crippen LogP contribution >= 0.6 is 27.7 Å². The molecule has 1 unspecified atom stereocenters. The van der Waals surface area contributed by atoms with Crippen LogP contribution in [-0.2, 0) is 14.3 Å². The SMILES string of the molecule is COC(=O)CC(NC(=O)CSc1nc(C)cc(C)n1)c1cccc(Br)c1. The number of thioether (sulfide) groups is 1. The van der Waals surface area contributed by atoms with Gasteiger partial charge in [0.1, 0.15) is 0 Å². The number of hydrogen-bond donors (Lipinski definition) is 1. The zero-order chi connectivity index (χ0) is 19.1. The molecule has 1 atom stereocenters. The number of benzene rings is 1. The summed E-state index contributed by atoms with van der Waals surface area (Å²) in [4.78, 5) is 32.7. The summed E-state index contributed by atoms with van der Waals surface area (Å²) in [5.74, 6) is -0.429. The lowest BCUT2D eigenvalue weighted by molar-refractivity contribution is -0.141. The highest BCUT2D eigenvalue weighted by Crippen LogP contribution is 2.22. The maximum atomic E-state index is 12.4. The van der Waals surface area contributed by atoms with Crippen LogP contribution in [0.4, 0.5) is 0 Å². The van der Waals surface area contributed by atoms with Gasteiger partial charge in [0.2, 0.25) is 5.91 Å². The third kappa shape index (κ3) is 6.42. The van der Waals surface area contributed by atoms with E-state index in [1.165, 1.54) is 18.9 Å². The molecule has 0 aliphatic rings. The molecule has 8 heteroatoms. The lowest BCUT2D eigenvalue weighted by Gasteiger charge is -2.18. The van der Waals surface area contributed by atoms with Gasteiger partial charge >= 0.3 is 5.97 Å². The summed E-state index contributed by atoms with van der Waals surface area (Å²) in [5, 5.41) is 3.45. The molecule has 2 rings (SSSR count). The Balaban J connectivity index is 2.04. The number of methoxy groups -OCH3 is 1. The number of hydrogen-bond acceptors (Lipinski definition) is 6. The van der Waals surface area contributed by atoms with Gasteiger partial charge in [-0.05, 0) is 37.6 Å². The fourth-order valence-corrected chi connectivity index (χ4v) is 3.53. The Kier molecular flexibility index (Phi) is 7.59. The zero-order valence-electron chi connectivity index (χ0n) is 14.8. The van der Waals surface area contributed by atoms with Gasteiger partial charge in [-0.15, -0.1) is 0 Å². The first-order valence-electron chi connectivity index (χ1n) is 7.94. The summed E-state index contributed by atoms with van der Waals surface area (Å²) in [5.41, 5.74) is 2.54. The molecule has 0 spiro atoms. The zero-order valence-corrected chi connectivity index (χ0v) is 17.2. The van der Waals surface area contributed by atoms with Crippen molar-refractivity contribution < 1.29 is 14.3 Å². The lowest BCUT2D eigenvalue weighted by atomic mass is 10.0. The lowest BCUT2D eigenvalue weighted by Crippen LogP contribution is -2.31. The van der Waals surface area contributed by atoms with Crippen molar-refractivity contribution >= 4 is 39.6 Å². The number of rotatable bonds is 7. The Morgan fingerprint density at radius 2 is 1.92 bits per heavy atom. The number of amides is 1. The molecule has 2 aromatic rings. The number of carbonyl (C=O) groups is 2. The summed E-state index contributed by atoms with van der Waals surface area (Å²) in [6.45, 7) is 3.77. The van der Waals surface area contributed by atoms with Gasteiger partial charge in [-0.3, -0.25) is 9.59 Å². The molecule has 1 heterocycles. The van der Waals surface area contributed by atoms with Crippen LogP contribution < -0.4 is 5.32 Å². The topological polar surface area (TPSA) is 81.2 Å². The van der Waals surface area contributed by atoms with Crippen LogP contribution in [0.1, 0.15) is 29.4 Å². The van der Waals surface area contributed by atoms with Gasteiger partial charge < -0.3 is 10.1 Å². The monoisotopic (exact) mass is 437 g/mol. The van der Waals surface area contributed by atoms with Gasteiger partial charge in [0, 0.05) is 15.9 Å². The van der Waals surface area contributed by atoms with Crippen LogP contribution in [0.25, 0.3) is 0 Å². The van der Waals surface area contributed by atoms with E-state index in [1.807, 2.05) is 44.2 Å². The van der Waals surface area contributed by atoms with Crippen LogP contribution in [0.3, 0.4) is 0 Å². The maximum Gasteiger partial charge on any atom is 0.307 e. The van der Waals surface area contributed by atoms with Gasteiger partial charge in [0.05, 0.1) is 25.3 Å². The largest absolute Gasteiger partial charge is 0.469 e. The third-order valence-electron chi connectivity index (χ3n) is 3.48. The minimum atomic E-state index is -0.465. The van der Waals surface area contributed by atoms with E-state index in [1.54, 1.807) is 0 Å². The first-order valence-corrected chi connectivity index (χ1v) is 9.72. The van der Waals surface area contributed by atoms with Gasteiger partial charge in [0.15, 0.2) is 5.16 Å². The Morgan fingerprint density at radius 3 is 2.54 bits per heavy atom. The number of esters is 1. The van der Waals surface area contributed by atoms with Crippen molar-refractivity contribution in [3.8, 4) is 0 Å². The number of aromatic nitrogens is 2. The minimum Gasteiger partial charge on any atom is -0.469 e. The van der Waals surface area contributed by atoms with Crippen LogP contribution in [0, 0.1) is 13.8 Å². The highest BCUT2D eigenvalue weighted by molar-refractivity contribution is 9.10. The van der Waals surface area contributed by atoms with Gasteiger partial charge in [0.25, 0.3) is 0 Å². The normalized spacial score (nSPS) is 11.7. The van der Waals surface area contributed by atoms with E-state index in [4.69, 9.17) is 4.74 Å². The molecule has 0 aliphatic heterocycles. The number of nitrogens with zero attached hydrogens (tertiary/aromatic N) is 2. The second-order valence-corrected chi connectivity index (χ2v) is 7.54. The summed E-state index contributed by atoms with van der Waals surface area (Å²) in [6.07, 6.45) is 0.0589. The molecular weight excluding hydrogens is 418 g/mol. The fraction of sp³-hybridized carbons (Fsp3) is 0.333. The number of halogens is 1. The Hall–Kier alpha value is -1.93. The first kappa shape index (κ1) is 20.4. The van der Waals surface area contributed by atoms with Crippen LogP contribution in [0.15, 0.2) is 40.0 Å². The van der Waals surface area contributed by atoms with E-state index in [0.717, 1.165) is 21.4 Å². The van der Waals surface area contributed by atoms with Crippen LogP contribution in [-0.4, -0.2) is 34.7 Å². The van der Waals surface area contributed by atoms with Gasteiger partial charge in [-0.1, -0.05) is 39.8 Å². The first-order chi connectivity index (χ1) is 12.4. The van der Waals surface area contributed by atoms with Crippen LogP contribution in [0.5, 0.6) is 0 Å². The van der Waals surface area contributed by atoms with Crippen molar-refractivity contribution in [2.24, 2.45) is 0 Å². The molecule has 0 radical (unpaired) electrons. The highest BCUT2D eigenvalue weighted by Gasteiger charge is 2.19. The molecule has 6 nitrogen and oxygen atoms in total. The molecule has 1 N–H and O–H groups in total. The second kappa shape index (κ2) is 9.68. The highest BCUT2D eigenvalue weighted by atomic mass is 79.9. The number of aryl methyl sites for hydroxylation is 2. The molecule has 1 aromatic heterocycles. The van der Waals surface area contributed by atoms with Crippen molar-refractivity contribution in [1.82, 2.24) is 15.3 Å². The van der Waals surface area contributed by atoms with Crippen molar-refractivity contribution in [2.45, 2.75) is 31.5 Å². The average molecular weight is 438 g/mol. The number of carbonyl (C=O) groups excluding carboxylic acids is 2. The van der Waals surface area contributed by atoms with E-state index in [9.17, 15) is 9.59 Å². The summed E-state index contributed by atoms with van der Waals surface area (Å²) in [6, 6.07) is 8.88. The molecule has 1 amide bonds. The van der Waals surface area contributed by atoms with E-state index in [-0.39, 0.29) is 24.1 Å². The van der Waals surface area contributed by atoms with Gasteiger partial charge in [-0.2, -0.15) is 0 Å². The summed E-state index contributed by atoms with van der Waals surface area (Å²) >= 11 is 4.67. The number of ether oxygens (including phenoxy) is 1. The average Bonchev–Trinajstić information content (AvgIpc) is 2.58. The third-order valence-corrected chi connectivity index (χ3v) is 4.82. The number of nitrogens with one attached hydrogen (secondary N) is 1. The summed E-state index contributed by atoms with van der Waals surface area (Å²) in [7, 11) is 1.33. The fourth-order valence-electron chi connectivity index (χ4n) is 2.35. The maximum absolute atomic E-state index is 12.4. The van der Waals surface area contributed by atoms with E-state index in [0.29, 0.717) is 5.16 Å². The van der Waals surface area contributed by atoms with E-state index >= 15 is 0 Å². The van der Waals surface area contributed by atoms with Crippen molar-refractivity contribution in [3.05, 3.63) is 51.8 Å². The molecular formula is C18H20BrN3O3S. The smallest absolute Gasteiger partial charge is 0.307 e. The minimum absolute atomic E-state index is 0.0589. The molecule has 1 aromatic carbocycles. The molecule has 0 aliphatic carbocycles. The Morgan fingerprint density at radius 1 is 1.23 bits per heavy atom. The summed E-state index contributed by atoms with van der Waals surface area (Å²) < 4.78 is 5.61. The molecule has 0 bridgehead atoms. The van der Waals surface area contributed by atoms with Gasteiger partial charge in [-0.25, -0.2) is 9.97 Å². The second-order valence-electron chi connectivity index (χ2n) is 5.68. The predicted octanol–water partition coefficient (Wildman–Crippen LogP) is 3.37. The van der Waals surface area contributed by atoms with E-state index < -0.39 is 6.04 Å². The van der Waals surface area contributed by atoms with Crippen molar-refractivity contribution in [3.63, 3.8) is 0 Å². The molecule has 0 saturated heterocycles. The van der Waals surface area contributed by atoms with Crippen molar-refractivity contribution in [1.29, 1.82) is 0 Å². The molecule has 26 heavy (non-hydrogen) atoms. The standard InChI is InChI=1S/C18H20BrN3O3S/c1-11-7-12(2)21-18(20-11)26-10-16(23)22-15(9-17(24)25-3)13-5-4-6-14(19)8-13/h4-8,15H,9-10H2,1-3H3,(H,22,23). The quantitative estimate of drug-likeness (QED) is 0.406. The Labute approximate surface area is 165 Å². The molecule has 0 saturated carbocycles.